The van der Waals surface area contributed by atoms with E-state index in [0.29, 0.717) is 10.7 Å². The highest BCUT2D eigenvalue weighted by Gasteiger charge is 2.21. The van der Waals surface area contributed by atoms with Crippen LogP contribution >= 0.6 is 11.6 Å². The number of nitrogens with two attached hydrogens (primary N) is 1. The zero-order valence-electron chi connectivity index (χ0n) is 13.3. The van der Waals surface area contributed by atoms with Gasteiger partial charge in [0.25, 0.3) is 11.8 Å². The second-order valence-corrected chi connectivity index (χ2v) is 6.32. The van der Waals surface area contributed by atoms with Gasteiger partial charge in [0, 0.05) is 35.2 Å². The lowest BCUT2D eigenvalue weighted by atomic mass is 10.1. The number of aromatic nitrogens is 2. The van der Waals surface area contributed by atoms with Crippen molar-refractivity contribution in [2.75, 3.05) is 11.9 Å². The Balaban J connectivity index is 2.16. The average Bonchev–Trinajstić information content (AvgIpc) is 2.54. The summed E-state index contributed by atoms with van der Waals surface area (Å²) >= 11 is 5.81. The fourth-order valence-corrected chi connectivity index (χ4v) is 1.91. The van der Waals surface area contributed by atoms with Crippen molar-refractivity contribution in [1.29, 1.82) is 0 Å². The third kappa shape index (κ3) is 5.00. The summed E-state index contributed by atoms with van der Waals surface area (Å²) in [7, 11) is 0. The zero-order valence-corrected chi connectivity index (χ0v) is 14.1. The number of halogens is 1. The molecule has 24 heavy (non-hydrogen) atoms. The number of anilines is 1. The standard InChI is InChI=1S/C16H18ClN5O2/c1-16(2,18)9-21-14(23)12-13(20-8-7-19-12)15(24)22-11-5-3-10(17)4-6-11/h3-8H,9,18H2,1-2H3,(H,21,23)(H,22,24). The van der Waals surface area contributed by atoms with Crippen molar-refractivity contribution in [3.05, 3.63) is 53.1 Å². The van der Waals surface area contributed by atoms with Crippen molar-refractivity contribution in [2.45, 2.75) is 19.4 Å². The molecule has 1 aromatic carbocycles. The van der Waals surface area contributed by atoms with Crippen molar-refractivity contribution < 1.29 is 9.59 Å². The van der Waals surface area contributed by atoms with Gasteiger partial charge in [-0.25, -0.2) is 9.97 Å². The third-order valence-electron chi connectivity index (χ3n) is 2.94. The van der Waals surface area contributed by atoms with Crippen molar-refractivity contribution in [2.24, 2.45) is 5.73 Å². The van der Waals surface area contributed by atoms with Crippen molar-refractivity contribution in [3.8, 4) is 0 Å². The van der Waals surface area contributed by atoms with Gasteiger partial charge in [-0.2, -0.15) is 0 Å². The maximum absolute atomic E-state index is 12.4. The number of carbonyl (C=O) groups excluding carboxylic acids is 2. The zero-order chi connectivity index (χ0) is 17.7. The number of carbonyl (C=O) groups is 2. The normalized spacial score (nSPS) is 11.0. The van der Waals surface area contributed by atoms with Crippen LogP contribution in [0.15, 0.2) is 36.7 Å². The Morgan fingerprint density at radius 3 is 2.17 bits per heavy atom. The summed E-state index contributed by atoms with van der Waals surface area (Å²) < 4.78 is 0. The van der Waals surface area contributed by atoms with Crippen LogP contribution in [-0.4, -0.2) is 33.9 Å². The van der Waals surface area contributed by atoms with Crippen molar-refractivity contribution >= 4 is 29.1 Å². The number of nitrogens with one attached hydrogen (secondary N) is 2. The molecule has 4 N–H and O–H groups in total. The van der Waals surface area contributed by atoms with Gasteiger partial charge in [-0.05, 0) is 38.1 Å². The first-order valence-corrected chi connectivity index (χ1v) is 7.59. The molecule has 1 aromatic heterocycles. The Hall–Kier alpha value is -2.51. The van der Waals surface area contributed by atoms with E-state index in [1.807, 2.05) is 0 Å². The lowest BCUT2D eigenvalue weighted by Crippen LogP contribution is -2.45. The minimum atomic E-state index is -0.580. The SMILES string of the molecule is CC(C)(N)CNC(=O)c1nccnc1C(=O)Nc1ccc(Cl)cc1. The quantitative estimate of drug-likeness (QED) is 0.764. The van der Waals surface area contributed by atoms with Crippen LogP contribution in [0.5, 0.6) is 0 Å². The number of nitrogens with zero attached hydrogens (tertiary/aromatic N) is 2. The molecule has 0 aliphatic carbocycles. The van der Waals surface area contributed by atoms with Crippen molar-refractivity contribution in [1.82, 2.24) is 15.3 Å². The minimum Gasteiger partial charge on any atom is -0.349 e. The maximum Gasteiger partial charge on any atom is 0.276 e. The maximum atomic E-state index is 12.4. The van der Waals surface area contributed by atoms with Crippen LogP contribution in [-0.2, 0) is 0 Å². The molecule has 0 bridgehead atoms. The Kier molecular flexibility index (Phi) is 5.48. The summed E-state index contributed by atoms with van der Waals surface area (Å²) in [4.78, 5) is 32.5. The molecule has 0 saturated heterocycles. The van der Waals surface area contributed by atoms with E-state index in [0.717, 1.165) is 0 Å². The molecule has 2 aromatic rings. The molecule has 126 valence electrons. The molecule has 0 aliphatic heterocycles. The predicted molar refractivity (Wildman–Crippen MR) is 92.0 cm³/mol. The molecular weight excluding hydrogens is 330 g/mol. The van der Waals surface area contributed by atoms with E-state index >= 15 is 0 Å². The Morgan fingerprint density at radius 2 is 1.62 bits per heavy atom. The summed E-state index contributed by atoms with van der Waals surface area (Å²) in [6.45, 7) is 3.79. The van der Waals surface area contributed by atoms with E-state index in [1.165, 1.54) is 12.4 Å². The second kappa shape index (κ2) is 7.37. The fraction of sp³-hybridized carbons (Fsp3) is 0.250. The number of hydrogen-bond acceptors (Lipinski definition) is 5. The molecule has 0 atom stereocenters. The Labute approximate surface area is 144 Å². The highest BCUT2D eigenvalue weighted by Crippen LogP contribution is 2.14. The van der Waals surface area contributed by atoms with Crippen LogP contribution in [0.3, 0.4) is 0 Å². The molecule has 0 radical (unpaired) electrons. The summed E-state index contributed by atoms with van der Waals surface area (Å²) in [6, 6.07) is 6.58. The number of hydrogen-bond donors (Lipinski definition) is 3. The number of benzene rings is 1. The molecule has 0 spiro atoms. The van der Waals surface area contributed by atoms with Gasteiger partial charge in [0.15, 0.2) is 11.4 Å². The van der Waals surface area contributed by atoms with Crippen LogP contribution < -0.4 is 16.4 Å². The molecule has 7 nitrogen and oxygen atoms in total. The van der Waals surface area contributed by atoms with Crippen LogP contribution in [0.2, 0.25) is 5.02 Å². The van der Waals surface area contributed by atoms with Gasteiger partial charge in [0.1, 0.15) is 0 Å². The Bertz CT molecular complexity index is 741. The van der Waals surface area contributed by atoms with E-state index in [-0.39, 0.29) is 17.9 Å². The van der Waals surface area contributed by atoms with Gasteiger partial charge in [-0.1, -0.05) is 11.6 Å². The monoisotopic (exact) mass is 347 g/mol. The first kappa shape index (κ1) is 17.8. The molecule has 0 unspecified atom stereocenters. The summed E-state index contributed by atoms with van der Waals surface area (Å²) in [5.74, 6) is -1.05. The summed E-state index contributed by atoms with van der Waals surface area (Å²) in [6.07, 6.45) is 2.70. The van der Waals surface area contributed by atoms with Gasteiger partial charge in [-0.3, -0.25) is 9.59 Å². The molecule has 1 heterocycles. The molecule has 2 rings (SSSR count). The summed E-state index contributed by atoms with van der Waals surface area (Å²) in [5.41, 5.74) is 5.65. The largest absolute Gasteiger partial charge is 0.349 e. The highest BCUT2D eigenvalue weighted by atomic mass is 35.5. The minimum absolute atomic E-state index is 0.0618. The van der Waals surface area contributed by atoms with Gasteiger partial charge in [-0.15, -0.1) is 0 Å². The fourth-order valence-electron chi connectivity index (χ4n) is 1.79. The van der Waals surface area contributed by atoms with Gasteiger partial charge in [0.2, 0.25) is 0 Å². The van der Waals surface area contributed by atoms with Gasteiger partial charge < -0.3 is 16.4 Å². The molecule has 0 aliphatic rings. The first-order chi connectivity index (χ1) is 11.3. The summed E-state index contributed by atoms with van der Waals surface area (Å²) in [5, 5.41) is 5.84. The van der Waals surface area contributed by atoms with Crippen LogP contribution in [0.4, 0.5) is 5.69 Å². The van der Waals surface area contributed by atoms with Gasteiger partial charge >= 0.3 is 0 Å². The third-order valence-corrected chi connectivity index (χ3v) is 3.19. The lowest BCUT2D eigenvalue weighted by Gasteiger charge is -2.19. The number of rotatable bonds is 5. The Morgan fingerprint density at radius 1 is 1.08 bits per heavy atom. The smallest absolute Gasteiger partial charge is 0.276 e. The van der Waals surface area contributed by atoms with E-state index in [2.05, 4.69) is 20.6 Å². The average molecular weight is 348 g/mol. The molecule has 8 heteroatoms. The lowest BCUT2D eigenvalue weighted by molar-refractivity contribution is 0.0926. The molecule has 2 amide bonds. The predicted octanol–water partition coefficient (Wildman–Crippen LogP) is 1.85. The van der Waals surface area contributed by atoms with Gasteiger partial charge in [0.05, 0.1) is 0 Å². The topological polar surface area (TPSA) is 110 Å². The first-order valence-electron chi connectivity index (χ1n) is 7.21. The van der Waals surface area contributed by atoms with E-state index in [9.17, 15) is 9.59 Å². The second-order valence-electron chi connectivity index (χ2n) is 5.89. The van der Waals surface area contributed by atoms with E-state index < -0.39 is 17.4 Å². The highest BCUT2D eigenvalue weighted by molar-refractivity contribution is 6.30. The van der Waals surface area contributed by atoms with Crippen LogP contribution in [0.1, 0.15) is 34.8 Å². The van der Waals surface area contributed by atoms with E-state index in [4.69, 9.17) is 17.3 Å². The number of amides is 2. The van der Waals surface area contributed by atoms with E-state index in [1.54, 1.807) is 38.1 Å². The van der Waals surface area contributed by atoms with Crippen LogP contribution in [0.25, 0.3) is 0 Å². The molecule has 0 saturated carbocycles. The van der Waals surface area contributed by atoms with Crippen LogP contribution in [0, 0.1) is 0 Å². The molecular formula is C16H18ClN5O2. The van der Waals surface area contributed by atoms with Crippen molar-refractivity contribution in [3.63, 3.8) is 0 Å². The molecule has 0 fully saturated rings.